The van der Waals surface area contributed by atoms with Crippen LogP contribution in [-0.2, 0) is 13.6 Å². The van der Waals surface area contributed by atoms with Gasteiger partial charge >= 0.3 is 0 Å². The molecule has 0 saturated heterocycles. The van der Waals surface area contributed by atoms with Crippen LogP contribution in [0.15, 0.2) is 36.7 Å². The zero-order chi connectivity index (χ0) is 13.8. The van der Waals surface area contributed by atoms with E-state index >= 15 is 0 Å². The van der Waals surface area contributed by atoms with E-state index in [9.17, 15) is 4.79 Å². The minimum absolute atomic E-state index is 0.0756. The maximum atomic E-state index is 12.2. The molecule has 1 aromatic carbocycles. The Morgan fingerprint density at radius 2 is 2.11 bits per heavy atom. The summed E-state index contributed by atoms with van der Waals surface area (Å²) in [6.45, 7) is 0.507. The normalized spacial score (nSPS) is 9.95. The van der Waals surface area contributed by atoms with E-state index in [-0.39, 0.29) is 5.91 Å². The van der Waals surface area contributed by atoms with Crippen LogP contribution in [0.3, 0.4) is 0 Å². The Bertz CT molecular complexity index is 622. The van der Waals surface area contributed by atoms with Crippen molar-refractivity contribution >= 4 is 5.91 Å². The van der Waals surface area contributed by atoms with E-state index in [0.717, 1.165) is 5.56 Å². The largest absolute Gasteiger partial charge is 0.337 e. The van der Waals surface area contributed by atoms with Crippen molar-refractivity contribution in [2.75, 3.05) is 7.05 Å². The van der Waals surface area contributed by atoms with Gasteiger partial charge < -0.3 is 4.90 Å². The zero-order valence-electron chi connectivity index (χ0n) is 10.9. The van der Waals surface area contributed by atoms with Crippen LogP contribution < -0.4 is 0 Å². The van der Waals surface area contributed by atoms with Gasteiger partial charge in [0.2, 0.25) is 0 Å². The van der Waals surface area contributed by atoms with Gasteiger partial charge in [0, 0.05) is 38.0 Å². The number of hydrogen-bond acceptors (Lipinski definition) is 3. The van der Waals surface area contributed by atoms with Crippen molar-refractivity contribution in [2.45, 2.75) is 6.54 Å². The van der Waals surface area contributed by atoms with Crippen LogP contribution >= 0.6 is 0 Å². The minimum Gasteiger partial charge on any atom is -0.337 e. The number of aromatic nitrogens is 2. The van der Waals surface area contributed by atoms with Gasteiger partial charge in [0.05, 0.1) is 17.8 Å². The molecule has 1 heterocycles. The summed E-state index contributed by atoms with van der Waals surface area (Å²) in [7, 11) is 3.58. The predicted molar refractivity (Wildman–Crippen MR) is 70.2 cm³/mol. The number of carbonyl (C=O) groups excluding carboxylic acids is 1. The predicted octanol–water partition coefficient (Wildman–Crippen LogP) is 1.56. The summed E-state index contributed by atoms with van der Waals surface area (Å²) >= 11 is 0. The van der Waals surface area contributed by atoms with E-state index in [2.05, 4.69) is 5.10 Å². The quantitative estimate of drug-likeness (QED) is 0.835. The molecule has 0 saturated carbocycles. The summed E-state index contributed by atoms with van der Waals surface area (Å²) in [6, 6.07) is 8.65. The second kappa shape index (κ2) is 5.36. The standard InChI is InChI=1S/C14H14N4O/c1-17(9-12-8-16-18(2)10-12)14(19)13-5-3-11(7-15)4-6-13/h3-6,8,10H,9H2,1-2H3. The SMILES string of the molecule is CN(Cc1cnn(C)c1)C(=O)c1ccc(C#N)cc1. The van der Waals surface area contributed by atoms with Gasteiger partial charge in [-0.15, -0.1) is 0 Å². The maximum Gasteiger partial charge on any atom is 0.253 e. The van der Waals surface area contributed by atoms with Crippen LogP contribution in [0.4, 0.5) is 0 Å². The average Bonchev–Trinajstić information content (AvgIpc) is 2.83. The molecule has 0 atom stereocenters. The van der Waals surface area contributed by atoms with Crippen LogP contribution in [0.5, 0.6) is 0 Å². The molecule has 0 spiro atoms. The molecule has 5 heteroatoms. The second-order valence-electron chi connectivity index (χ2n) is 4.37. The fraction of sp³-hybridized carbons (Fsp3) is 0.214. The summed E-state index contributed by atoms with van der Waals surface area (Å²) in [6.07, 6.45) is 3.62. The summed E-state index contributed by atoms with van der Waals surface area (Å²) < 4.78 is 1.70. The van der Waals surface area contributed by atoms with E-state index in [4.69, 9.17) is 5.26 Å². The van der Waals surface area contributed by atoms with E-state index < -0.39 is 0 Å². The van der Waals surface area contributed by atoms with E-state index in [0.29, 0.717) is 17.7 Å². The van der Waals surface area contributed by atoms with Gasteiger partial charge in [-0.05, 0) is 24.3 Å². The van der Waals surface area contributed by atoms with Gasteiger partial charge in [0.15, 0.2) is 0 Å². The first-order valence-corrected chi connectivity index (χ1v) is 5.83. The number of nitriles is 1. The number of benzene rings is 1. The van der Waals surface area contributed by atoms with Crippen LogP contribution in [0.25, 0.3) is 0 Å². The van der Waals surface area contributed by atoms with Gasteiger partial charge in [-0.3, -0.25) is 9.48 Å². The first-order chi connectivity index (χ1) is 9.10. The van der Waals surface area contributed by atoms with Crippen molar-refractivity contribution in [3.05, 3.63) is 53.3 Å². The van der Waals surface area contributed by atoms with E-state index in [1.807, 2.05) is 19.3 Å². The van der Waals surface area contributed by atoms with Crippen molar-refractivity contribution < 1.29 is 4.79 Å². The molecule has 2 aromatic rings. The smallest absolute Gasteiger partial charge is 0.253 e. The van der Waals surface area contributed by atoms with Gasteiger partial charge in [0.1, 0.15) is 0 Å². The minimum atomic E-state index is -0.0756. The molecule has 0 aliphatic carbocycles. The zero-order valence-corrected chi connectivity index (χ0v) is 10.9. The highest BCUT2D eigenvalue weighted by Gasteiger charge is 2.12. The van der Waals surface area contributed by atoms with Crippen molar-refractivity contribution in [3.63, 3.8) is 0 Å². The summed E-state index contributed by atoms with van der Waals surface area (Å²) in [5.74, 6) is -0.0756. The van der Waals surface area contributed by atoms with E-state index in [1.54, 1.807) is 47.1 Å². The second-order valence-corrected chi connectivity index (χ2v) is 4.37. The number of rotatable bonds is 3. The third kappa shape index (κ3) is 2.99. The molecule has 1 amide bonds. The number of amides is 1. The van der Waals surface area contributed by atoms with Crippen molar-refractivity contribution in [3.8, 4) is 6.07 Å². The lowest BCUT2D eigenvalue weighted by molar-refractivity contribution is 0.0785. The highest BCUT2D eigenvalue weighted by molar-refractivity contribution is 5.94. The highest BCUT2D eigenvalue weighted by atomic mass is 16.2. The first kappa shape index (κ1) is 12.8. The molecule has 5 nitrogen and oxygen atoms in total. The lowest BCUT2D eigenvalue weighted by Crippen LogP contribution is -2.25. The number of hydrogen-bond donors (Lipinski definition) is 0. The third-order valence-corrected chi connectivity index (χ3v) is 2.79. The van der Waals surface area contributed by atoms with Crippen LogP contribution in [0.1, 0.15) is 21.5 Å². The Balaban J connectivity index is 2.08. The van der Waals surface area contributed by atoms with Crippen LogP contribution in [0, 0.1) is 11.3 Å². The number of aryl methyl sites for hydroxylation is 1. The topological polar surface area (TPSA) is 61.9 Å². The summed E-state index contributed by atoms with van der Waals surface area (Å²) in [5, 5.41) is 12.8. The lowest BCUT2D eigenvalue weighted by atomic mass is 10.1. The third-order valence-electron chi connectivity index (χ3n) is 2.79. The van der Waals surface area contributed by atoms with Crippen molar-refractivity contribution in [2.24, 2.45) is 7.05 Å². The molecule has 0 fully saturated rings. The van der Waals surface area contributed by atoms with Gasteiger partial charge in [-0.2, -0.15) is 10.4 Å². The molecule has 2 rings (SSSR count). The van der Waals surface area contributed by atoms with Gasteiger partial charge in [-0.25, -0.2) is 0 Å². The average molecular weight is 254 g/mol. The Morgan fingerprint density at radius 3 is 2.63 bits per heavy atom. The van der Waals surface area contributed by atoms with Crippen molar-refractivity contribution in [1.82, 2.24) is 14.7 Å². The Morgan fingerprint density at radius 1 is 1.42 bits per heavy atom. The van der Waals surface area contributed by atoms with Gasteiger partial charge in [0.25, 0.3) is 5.91 Å². The van der Waals surface area contributed by atoms with E-state index in [1.165, 1.54) is 0 Å². The highest BCUT2D eigenvalue weighted by Crippen LogP contribution is 2.09. The van der Waals surface area contributed by atoms with Gasteiger partial charge in [-0.1, -0.05) is 0 Å². The molecule has 0 N–H and O–H groups in total. The van der Waals surface area contributed by atoms with Crippen LogP contribution in [-0.4, -0.2) is 27.6 Å². The van der Waals surface area contributed by atoms with Crippen molar-refractivity contribution in [1.29, 1.82) is 5.26 Å². The fourth-order valence-electron chi connectivity index (χ4n) is 1.81. The molecule has 1 aromatic heterocycles. The number of nitrogens with zero attached hydrogens (tertiary/aromatic N) is 4. The molecule has 19 heavy (non-hydrogen) atoms. The lowest BCUT2D eigenvalue weighted by Gasteiger charge is -2.16. The molecule has 0 aliphatic heterocycles. The Kier molecular flexibility index (Phi) is 3.62. The fourth-order valence-corrected chi connectivity index (χ4v) is 1.81. The molecular weight excluding hydrogens is 240 g/mol. The Labute approximate surface area is 111 Å². The summed E-state index contributed by atoms with van der Waals surface area (Å²) in [4.78, 5) is 13.8. The molecule has 0 aliphatic rings. The summed E-state index contributed by atoms with van der Waals surface area (Å²) in [5.41, 5.74) is 2.10. The molecular formula is C14H14N4O. The molecule has 0 bridgehead atoms. The number of carbonyl (C=O) groups is 1. The molecule has 0 radical (unpaired) electrons. The molecule has 0 unspecified atom stereocenters. The first-order valence-electron chi connectivity index (χ1n) is 5.83. The Hall–Kier alpha value is -2.61. The monoisotopic (exact) mass is 254 g/mol. The maximum absolute atomic E-state index is 12.2. The molecule has 96 valence electrons. The van der Waals surface area contributed by atoms with Crippen LogP contribution in [0.2, 0.25) is 0 Å².